The fourth-order valence-corrected chi connectivity index (χ4v) is 3.88. The zero-order chi connectivity index (χ0) is 20.3. The van der Waals surface area contributed by atoms with Gasteiger partial charge in [-0.3, -0.25) is 9.59 Å². The molecule has 2 atom stereocenters. The van der Waals surface area contributed by atoms with E-state index in [1.165, 1.54) is 4.90 Å². The minimum absolute atomic E-state index is 0.0594. The van der Waals surface area contributed by atoms with E-state index in [4.69, 9.17) is 20.5 Å². The lowest BCUT2D eigenvalue weighted by atomic mass is 9.98. The van der Waals surface area contributed by atoms with Crippen LogP contribution in [0.2, 0.25) is 0 Å². The second kappa shape index (κ2) is 8.48. The summed E-state index contributed by atoms with van der Waals surface area (Å²) in [6, 6.07) is 4.61. The molecule has 1 unspecified atom stereocenters. The summed E-state index contributed by atoms with van der Waals surface area (Å²) >= 11 is 0. The second-order valence-corrected chi connectivity index (χ2v) is 7.17. The molecule has 3 rings (SSSR count). The number of hydrogen-bond acceptors (Lipinski definition) is 6. The van der Waals surface area contributed by atoms with Crippen LogP contribution in [0.3, 0.4) is 0 Å². The molecule has 2 amide bonds. The van der Waals surface area contributed by atoms with Gasteiger partial charge in [-0.25, -0.2) is 0 Å². The molecular formula is C20H26N4O4. The maximum atomic E-state index is 12.7. The highest BCUT2D eigenvalue weighted by molar-refractivity contribution is 5.88. The first-order valence-corrected chi connectivity index (χ1v) is 9.45. The molecule has 0 bridgehead atoms. The van der Waals surface area contributed by atoms with Crippen LogP contribution in [0.4, 0.5) is 0 Å². The molecule has 2 heterocycles. The molecule has 1 aromatic rings. The predicted molar refractivity (Wildman–Crippen MR) is 102 cm³/mol. The van der Waals surface area contributed by atoms with Gasteiger partial charge in [0.2, 0.25) is 11.8 Å². The topological polar surface area (TPSA) is 109 Å². The highest BCUT2D eigenvalue weighted by Crippen LogP contribution is 2.33. The average molecular weight is 386 g/mol. The SMILES string of the molecule is COc1cc2c(cc1OC)CN(C(=O)CC(N)C(=O)N1CCC[C@H]1C#N)CC2. The number of benzene rings is 1. The molecule has 1 aromatic carbocycles. The maximum Gasteiger partial charge on any atom is 0.241 e. The number of hydrogen-bond donors (Lipinski definition) is 1. The van der Waals surface area contributed by atoms with Crippen molar-refractivity contribution in [3.05, 3.63) is 23.3 Å². The van der Waals surface area contributed by atoms with E-state index in [2.05, 4.69) is 6.07 Å². The number of ether oxygens (including phenoxy) is 2. The number of methoxy groups -OCH3 is 2. The van der Waals surface area contributed by atoms with Gasteiger partial charge in [0.05, 0.1) is 32.8 Å². The van der Waals surface area contributed by atoms with Crippen molar-refractivity contribution in [2.45, 2.75) is 44.3 Å². The van der Waals surface area contributed by atoms with Gasteiger partial charge in [-0.1, -0.05) is 0 Å². The molecule has 2 aliphatic rings. The van der Waals surface area contributed by atoms with Crippen LogP contribution in [0.15, 0.2) is 12.1 Å². The first-order valence-electron chi connectivity index (χ1n) is 9.45. The van der Waals surface area contributed by atoms with Crippen LogP contribution < -0.4 is 15.2 Å². The molecule has 0 spiro atoms. The Morgan fingerprint density at radius 2 is 1.93 bits per heavy atom. The highest BCUT2D eigenvalue weighted by Gasteiger charge is 2.33. The van der Waals surface area contributed by atoms with E-state index < -0.39 is 12.1 Å². The van der Waals surface area contributed by atoms with Crippen LogP contribution in [0, 0.1) is 11.3 Å². The van der Waals surface area contributed by atoms with E-state index in [9.17, 15) is 9.59 Å². The lowest BCUT2D eigenvalue weighted by Crippen LogP contribution is -2.48. The summed E-state index contributed by atoms with van der Waals surface area (Å²) in [4.78, 5) is 28.5. The van der Waals surface area contributed by atoms with Gasteiger partial charge in [-0.2, -0.15) is 5.26 Å². The van der Waals surface area contributed by atoms with Crippen molar-refractivity contribution in [3.8, 4) is 17.6 Å². The molecule has 28 heavy (non-hydrogen) atoms. The molecule has 0 saturated carbocycles. The van der Waals surface area contributed by atoms with E-state index in [0.717, 1.165) is 17.5 Å². The number of fused-ring (bicyclic) bond motifs is 1. The number of carbonyl (C=O) groups excluding carboxylic acids is 2. The van der Waals surface area contributed by atoms with E-state index in [-0.39, 0.29) is 18.2 Å². The monoisotopic (exact) mass is 386 g/mol. The Morgan fingerprint density at radius 3 is 2.57 bits per heavy atom. The number of nitriles is 1. The summed E-state index contributed by atoms with van der Waals surface area (Å²) in [6.45, 7) is 1.53. The molecule has 0 aromatic heterocycles. The summed E-state index contributed by atoms with van der Waals surface area (Å²) in [6.07, 6.45) is 2.10. The van der Waals surface area contributed by atoms with Crippen LogP contribution in [-0.2, 0) is 22.6 Å². The molecule has 2 aliphatic heterocycles. The number of likely N-dealkylation sites (tertiary alicyclic amines) is 1. The van der Waals surface area contributed by atoms with Crippen LogP contribution in [0.25, 0.3) is 0 Å². The van der Waals surface area contributed by atoms with Gasteiger partial charge in [0.15, 0.2) is 11.5 Å². The standard InChI is InChI=1S/C20H26N4O4/c1-27-17-8-13-5-7-23(12-14(13)9-18(17)28-2)19(25)10-16(22)20(26)24-6-3-4-15(24)11-21/h8-9,15-16H,3-7,10,12,22H2,1-2H3/t15-,16?/m0/s1. The third-order valence-corrected chi connectivity index (χ3v) is 5.47. The van der Waals surface area contributed by atoms with Crippen LogP contribution in [-0.4, -0.2) is 61.0 Å². The van der Waals surface area contributed by atoms with Crippen molar-refractivity contribution in [1.82, 2.24) is 9.80 Å². The third kappa shape index (κ3) is 3.90. The zero-order valence-corrected chi connectivity index (χ0v) is 16.3. The molecule has 8 nitrogen and oxygen atoms in total. The molecule has 150 valence electrons. The largest absolute Gasteiger partial charge is 0.493 e. The Hall–Kier alpha value is -2.79. The molecule has 1 fully saturated rings. The lowest BCUT2D eigenvalue weighted by molar-refractivity contribution is -0.138. The average Bonchev–Trinajstić information content (AvgIpc) is 3.20. The highest BCUT2D eigenvalue weighted by atomic mass is 16.5. The molecule has 2 N–H and O–H groups in total. The molecule has 8 heteroatoms. The van der Waals surface area contributed by atoms with Gasteiger partial charge in [0, 0.05) is 19.6 Å². The zero-order valence-electron chi connectivity index (χ0n) is 16.3. The summed E-state index contributed by atoms with van der Waals surface area (Å²) in [5, 5.41) is 9.15. The van der Waals surface area contributed by atoms with Gasteiger partial charge >= 0.3 is 0 Å². The van der Waals surface area contributed by atoms with Gasteiger partial charge < -0.3 is 25.0 Å². The smallest absolute Gasteiger partial charge is 0.241 e. The van der Waals surface area contributed by atoms with E-state index in [1.807, 2.05) is 12.1 Å². The van der Waals surface area contributed by atoms with Crippen LogP contribution in [0.1, 0.15) is 30.4 Å². The summed E-state index contributed by atoms with van der Waals surface area (Å²) < 4.78 is 10.7. The summed E-state index contributed by atoms with van der Waals surface area (Å²) in [7, 11) is 3.17. The number of nitrogens with two attached hydrogens (primary N) is 1. The number of nitrogens with zero attached hydrogens (tertiary/aromatic N) is 3. The normalized spacial score (nSPS) is 19.6. The van der Waals surface area contributed by atoms with Crippen LogP contribution in [0.5, 0.6) is 11.5 Å². The van der Waals surface area contributed by atoms with E-state index >= 15 is 0 Å². The van der Waals surface area contributed by atoms with Crippen molar-refractivity contribution >= 4 is 11.8 Å². The van der Waals surface area contributed by atoms with Crippen molar-refractivity contribution in [3.63, 3.8) is 0 Å². The summed E-state index contributed by atoms with van der Waals surface area (Å²) in [5.41, 5.74) is 8.14. The maximum absolute atomic E-state index is 12.7. The number of carbonyl (C=O) groups is 2. The van der Waals surface area contributed by atoms with Gasteiger partial charge in [-0.15, -0.1) is 0 Å². The molecular weight excluding hydrogens is 360 g/mol. The van der Waals surface area contributed by atoms with Gasteiger partial charge in [0.1, 0.15) is 6.04 Å². The molecule has 0 radical (unpaired) electrons. The Labute approximate surface area is 164 Å². The quantitative estimate of drug-likeness (QED) is 0.802. The number of rotatable bonds is 5. The van der Waals surface area contributed by atoms with Crippen molar-refractivity contribution in [2.75, 3.05) is 27.3 Å². The van der Waals surface area contributed by atoms with Crippen molar-refractivity contribution in [1.29, 1.82) is 5.26 Å². The fraction of sp³-hybridized carbons (Fsp3) is 0.550. The molecule has 1 saturated heterocycles. The Balaban J connectivity index is 1.64. The fourth-order valence-electron chi connectivity index (χ4n) is 3.88. The van der Waals surface area contributed by atoms with Crippen molar-refractivity contribution < 1.29 is 19.1 Å². The van der Waals surface area contributed by atoms with Crippen molar-refractivity contribution in [2.24, 2.45) is 5.73 Å². The molecule has 0 aliphatic carbocycles. The predicted octanol–water partition coefficient (Wildman–Crippen LogP) is 0.820. The minimum Gasteiger partial charge on any atom is -0.493 e. The Bertz CT molecular complexity index is 804. The van der Waals surface area contributed by atoms with E-state index in [1.54, 1.807) is 19.1 Å². The third-order valence-electron chi connectivity index (χ3n) is 5.47. The first kappa shape index (κ1) is 20.0. The lowest BCUT2D eigenvalue weighted by Gasteiger charge is -2.31. The van der Waals surface area contributed by atoms with Crippen LogP contribution >= 0.6 is 0 Å². The van der Waals surface area contributed by atoms with E-state index in [0.29, 0.717) is 44.0 Å². The Morgan fingerprint density at radius 1 is 1.25 bits per heavy atom. The number of amides is 2. The van der Waals surface area contributed by atoms with Gasteiger partial charge in [-0.05, 0) is 42.5 Å². The first-order chi connectivity index (χ1) is 13.5. The second-order valence-electron chi connectivity index (χ2n) is 7.17. The minimum atomic E-state index is -0.923. The Kier molecular flexibility index (Phi) is 6.05. The van der Waals surface area contributed by atoms with Gasteiger partial charge in [0.25, 0.3) is 0 Å². The summed E-state index contributed by atoms with van der Waals surface area (Å²) in [5.74, 6) is 0.820.